The number of hydrogen-bond donors (Lipinski definition) is 1. The first-order valence-electron chi connectivity index (χ1n) is 8.62. The van der Waals surface area contributed by atoms with Crippen molar-refractivity contribution in [3.8, 4) is 5.75 Å². The molecular weight excluding hydrogens is 395 g/mol. The van der Waals surface area contributed by atoms with Gasteiger partial charge in [0.15, 0.2) is 0 Å². The smallest absolute Gasteiger partial charge is 0.264 e. The molecule has 3 aromatic rings. The number of hydrogen-bond acceptors (Lipinski definition) is 4. The van der Waals surface area contributed by atoms with Gasteiger partial charge in [-0.3, -0.25) is 9.10 Å². The maximum absolute atomic E-state index is 13.8. The van der Waals surface area contributed by atoms with Crippen LogP contribution in [0.3, 0.4) is 0 Å². The second kappa shape index (κ2) is 8.32. The van der Waals surface area contributed by atoms with Gasteiger partial charge in [-0.05, 0) is 54.6 Å². The number of anilines is 2. The van der Waals surface area contributed by atoms with E-state index in [9.17, 15) is 17.6 Å². The van der Waals surface area contributed by atoms with Crippen LogP contribution in [0.1, 0.15) is 10.4 Å². The van der Waals surface area contributed by atoms with Crippen molar-refractivity contribution in [1.29, 1.82) is 0 Å². The standard InChI is InChI=1S/C21H19FN2O4S/c1-24(29(26,27)18-12-10-17(28-2)11-13-18)16-7-5-6-15(14-16)21(25)23-20-9-4-3-8-19(20)22/h3-14H,1-2H3,(H,23,25). The van der Waals surface area contributed by atoms with Crippen LogP contribution in [0.4, 0.5) is 15.8 Å². The van der Waals surface area contributed by atoms with Crippen LogP contribution in [-0.4, -0.2) is 28.5 Å². The van der Waals surface area contributed by atoms with Crippen molar-refractivity contribution in [3.63, 3.8) is 0 Å². The molecule has 0 spiro atoms. The Hall–Kier alpha value is -3.39. The molecular formula is C21H19FN2O4S. The molecule has 0 unspecified atom stereocenters. The first-order chi connectivity index (χ1) is 13.8. The van der Waals surface area contributed by atoms with Gasteiger partial charge in [0, 0.05) is 12.6 Å². The van der Waals surface area contributed by atoms with Crippen LogP contribution < -0.4 is 14.4 Å². The molecule has 1 amide bonds. The molecule has 0 heterocycles. The molecule has 1 N–H and O–H groups in total. The van der Waals surface area contributed by atoms with E-state index in [0.29, 0.717) is 11.4 Å². The number of para-hydroxylation sites is 1. The van der Waals surface area contributed by atoms with E-state index >= 15 is 0 Å². The number of nitrogens with zero attached hydrogens (tertiary/aromatic N) is 1. The van der Waals surface area contributed by atoms with Crippen molar-refractivity contribution in [2.75, 3.05) is 23.8 Å². The number of methoxy groups -OCH3 is 1. The molecule has 0 saturated carbocycles. The normalized spacial score (nSPS) is 11.0. The van der Waals surface area contributed by atoms with Crippen LogP contribution in [0.5, 0.6) is 5.75 Å². The lowest BCUT2D eigenvalue weighted by Gasteiger charge is -2.20. The summed E-state index contributed by atoms with van der Waals surface area (Å²) in [5, 5.41) is 2.48. The van der Waals surface area contributed by atoms with E-state index in [-0.39, 0.29) is 16.1 Å². The highest BCUT2D eigenvalue weighted by molar-refractivity contribution is 7.92. The molecule has 8 heteroatoms. The number of rotatable bonds is 6. The molecule has 3 aromatic carbocycles. The number of sulfonamides is 1. The monoisotopic (exact) mass is 414 g/mol. The minimum Gasteiger partial charge on any atom is -0.497 e. The molecule has 0 atom stereocenters. The summed E-state index contributed by atoms with van der Waals surface area (Å²) in [6, 6.07) is 17.9. The summed E-state index contributed by atoms with van der Waals surface area (Å²) in [4.78, 5) is 12.6. The van der Waals surface area contributed by atoms with E-state index < -0.39 is 21.7 Å². The second-order valence-electron chi connectivity index (χ2n) is 6.13. The van der Waals surface area contributed by atoms with E-state index in [1.807, 2.05) is 0 Å². The summed E-state index contributed by atoms with van der Waals surface area (Å²) < 4.78 is 45.7. The molecule has 0 aliphatic rings. The fourth-order valence-corrected chi connectivity index (χ4v) is 3.83. The third kappa shape index (κ3) is 4.38. The van der Waals surface area contributed by atoms with E-state index in [0.717, 1.165) is 4.31 Å². The number of benzene rings is 3. The third-order valence-corrected chi connectivity index (χ3v) is 6.11. The maximum Gasteiger partial charge on any atom is 0.264 e. The van der Waals surface area contributed by atoms with Crippen molar-refractivity contribution in [2.24, 2.45) is 0 Å². The van der Waals surface area contributed by atoms with Crippen molar-refractivity contribution in [1.82, 2.24) is 0 Å². The predicted molar refractivity (Wildman–Crippen MR) is 109 cm³/mol. The van der Waals surface area contributed by atoms with E-state index in [2.05, 4.69) is 5.32 Å². The Balaban J connectivity index is 1.85. The highest BCUT2D eigenvalue weighted by atomic mass is 32.2. The van der Waals surface area contributed by atoms with Gasteiger partial charge < -0.3 is 10.1 Å². The minimum atomic E-state index is -3.84. The molecule has 150 valence electrons. The minimum absolute atomic E-state index is 0.0436. The van der Waals surface area contributed by atoms with Crippen LogP contribution >= 0.6 is 0 Å². The molecule has 0 fully saturated rings. The van der Waals surface area contributed by atoms with E-state index in [1.54, 1.807) is 30.3 Å². The SMILES string of the molecule is COc1ccc(S(=O)(=O)N(C)c2cccc(C(=O)Nc3ccccc3F)c2)cc1. The Kier molecular flexibility index (Phi) is 5.84. The number of carbonyl (C=O) groups excluding carboxylic acids is 1. The molecule has 0 aromatic heterocycles. The second-order valence-corrected chi connectivity index (χ2v) is 8.10. The lowest BCUT2D eigenvalue weighted by atomic mass is 10.2. The number of ether oxygens (including phenoxy) is 1. The maximum atomic E-state index is 13.8. The van der Waals surface area contributed by atoms with Gasteiger partial charge >= 0.3 is 0 Å². The zero-order valence-corrected chi connectivity index (χ0v) is 16.6. The lowest BCUT2D eigenvalue weighted by Crippen LogP contribution is -2.27. The van der Waals surface area contributed by atoms with Gasteiger partial charge in [0.05, 0.1) is 23.4 Å². The highest BCUT2D eigenvalue weighted by Crippen LogP contribution is 2.25. The Bertz CT molecular complexity index is 1130. The lowest BCUT2D eigenvalue weighted by molar-refractivity contribution is 0.102. The highest BCUT2D eigenvalue weighted by Gasteiger charge is 2.22. The Morgan fingerprint density at radius 2 is 1.69 bits per heavy atom. The summed E-state index contributed by atoms with van der Waals surface area (Å²) >= 11 is 0. The van der Waals surface area contributed by atoms with Crippen LogP contribution in [-0.2, 0) is 10.0 Å². The summed E-state index contributed by atoms with van der Waals surface area (Å²) in [7, 11) is -0.949. The number of carbonyl (C=O) groups is 1. The topological polar surface area (TPSA) is 75.7 Å². The molecule has 0 aliphatic heterocycles. The molecule has 0 radical (unpaired) electrons. The summed E-state index contributed by atoms with van der Waals surface area (Å²) in [5.74, 6) is -0.568. The fraction of sp³-hybridized carbons (Fsp3) is 0.0952. The Morgan fingerprint density at radius 3 is 2.34 bits per heavy atom. The van der Waals surface area contributed by atoms with Crippen molar-refractivity contribution >= 4 is 27.3 Å². The van der Waals surface area contributed by atoms with Gasteiger partial charge in [-0.15, -0.1) is 0 Å². The van der Waals surface area contributed by atoms with Gasteiger partial charge in [-0.1, -0.05) is 18.2 Å². The van der Waals surface area contributed by atoms with Crippen molar-refractivity contribution in [2.45, 2.75) is 4.90 Å². The zero-order chi connectivity index (χ0) is 21.0. The molecule has 3 rings (SSSR count). The quantitative estimate of drug-likeness (QED) is 0.664. The summed E-state index contributed by atoms with van der Waals surface area (Å²) in [6.07, 6.45) is 0. The van der Waals surface area contributed by atoms with Crippen LogP contribution in [0.25, 0.3) is 0 Å². The van der Waals surface area contributed by atoms with Crippen LogP contribution in [0.2, 0.25) is 0 Å². The number of amides is 1. The Labute approximate surface area is 168 Å². The summed E-state index contributed by atoms with van der Waals surface area (Å²) in [6.45, 7) is 0. The summed E-state index contributed by atoms with van der Waals surface area (Å²) in [5.41, 5.74) is 0.534. The molecule has 0 bridgehead atoms. The fourth-order valence-electron chi connectivity index (χ4n) is 2.64. The van der Waals surface area contributed by atoms with Crippen LogP contribution in [0.15, 0.2) is 77.7 Å². The molecule has 6 nitrogen and oxygen atoms in total. The van der Waals surface area contributed by atoms with Gasteiger partial charge in [0.2, 0.25) is 0 Å². The Morgan fingerprint density at radius 1 is 1.00 bits per heavy atom. The van der Waals surface area contributed by atoms with Gasteiger partial charge in [-0.2, -0.15) is 0 Å². The third-order valence-electron chi connectivity index (χ3n) is 4.31. The number of nitrogens with one attached hydrogen (secondary N) is 1. The average Bonchev–Trinajstić information content (AvgIpc) is 2.75. The largest absolute Gasteiger partial charge is 0.497 e. The molecule has 29 heavy (non-hydrogen) atoms. The molecule has 0 aliphatic carbocycles. The van der Waals surface area contributed by atoms with Gasteiger partial charge in [-0.25, -0.2) is 12.8 Å². The van der Waals surface area contributed by atoms with Gasteiger partial charge in [0.25, 0.3) is 15.9 Å². The van der Waals surface area contributed by atoms with E-state index in [4.69, 9.17) is 4.74 Å². The van der Waals surface area contributed by atoms with Crippen molar-refractivity contribution < 1.29 is 22.3 Å². The number of halogens is 1. The zero-order valence-electron chi connectivity index (χ0n) is 15.8. The average molecular weight is 414 g/mol. The van der Waals surface area contributed by atoms with E-state index in [1.165, 1.54) is 56.6 Å². The predicted octanol–water partition coefficient (Wildman–Crippen LogP) is 3.91. The first kappa shape index (κ1) is 20.3. The first-order valence-corrected chi connectivity index (χ1v) is 10.1. The molecule has 0 saturated heterocycles. The van der Waals surface area contributed by atoms with Gasteiger partial charge in [0.1, 0.15) is 11.6 Å². The van der Waals surface area contributed by atoms with Crippen LogP contribution in [0, 0.1) is 5.82 Å². The van der Waals surface area contributed by atoms with Crippen molar-refractivity contribution in [3.05, 3.63) is 84.2 Å².